The highest BCUT2D eigenvalue weighted by atomic mass is 16.1. The number of aromatic nitrogens is 1. The van der Waals surface area contributed by atoms with Gasteiger partial charge in [0.1, 0.15) is 6.29 Å². The van der Waals surface area contributed by atoms with Gasteiger partial charge in [0, 0.05) is 19.3 Å². The largest absolute Gasteiger partial charge is 0.319 e. The summed E-state index contributed by atoms with van der Waals surface area (Å²) >= 11 is 0. The lowest BCUT2D eigenvalue weighted by atomic mass is 10.2. The Hall–Kier alpha value is -1.64. The van der Waals surface area contributed by atoms with Crippen molar-refractivity contribution in [1.82, 2.24) is 4.57 Å². The predicted molar refractivity (Wildman–Crippen MR) is 46.8 cm³/mol. The topological polar surface area (TPSA) is 39.1 Å². The number of aldehydes is 1. The van der Waals surface area contributed by atoms with Crippen molar-refractivity contribution < 1.29 is 4.79 Å². The monoisotopic (exact) mass is 163 g/mol. The maximum atomic E-state index is 11.0. The zero-order valence-electron chi connectivity index (χ0n) is 6.73. The molecule has 0 radical (unpaired) electrons. The molecule has 1 aromatic rings. The van der Waals surface area contributed by atoms with Crippen LogP contribution in [0.4, 0.5) is 0 Å². The lowest BCUT2D eigenvalue weighted by Gasteiger charge is -1.95. The van der Waals surface area contributed by atoms with E-state index in [2.05, 4.69) is 0 Å². The van der Waals surface area contributed by atoms with Crippen molar-refractivity contribution >= 4 is 12.4 Å². The second kappa shape index (κ2) is 3.67. The van der Waals surface area contributed by atoms with Crippen LogP contribution in [0.15, 0.2) is 29.2 Å². The minimum absolute atomic E-state index is 0.0805. The zero-order chi connectivity index (χ0) is 8.97. The van der Waals surface area contributed by atoms with E-state index in [4.69, 9.17) is 0 Å². The third-order valence-electron chi connectivity index (χ3n) is 1.50. The molecule has 1 heterocycles. The third-order valence-corrected chi connectivity index (χ3v) is 1.50. The van der Waals surface area contributed by atoms with Gasteiger partial charge in [-0.2, -0.15) is 0 Å². The molecule has 0 saturated heterocycles. The highest BCUT2D eigenvalue weighted by Crippen LogP contribution is 1.95. The SMILES string of the molecule is Cn1ccc(/C=C/C=O)cc1=O. The average molecular weight is 163 g/mol. The number of nitrogens with zero attached hydrogens (tertiary/aromatic N) is 1. The number of allylic oxidation sites excluding steroid dienone is 1. The first-order chi connectivity index (χ1) is 5.74. The van der Waals surface area contributed by atoms with Crippen molar-refractivity contribution in [3.63, 3.8) is 0 Å². The Bertz CT molecular complexity index is 363. The van der Waals surface area contributed by atoms with Gasteiger partial charge in [-0.1, -0.05) is 6.08 Å². The number of carbonyl (C=O) groups is 1. The van der Waals surface area contributed by atoms with Crippen LogP contribution in [0, 0.1) is 0 Å². The Balaban J connectivity index is 3.05. The van der Waals surface area contributed by atoms with E-state index in [1.54, 1.807) is 25.4 Å². The highest BCUT2D eigenvalue weighted by Gasteiger charge is 1.89. The third kappa shape index (κ3) is 1.92. The molecular formula is C9H9NO2. The summed E-state index contributed by atoms with van der Waals surface area (Å²) in [7, 11) is 1.68. The Morgan fingerprint density at radius 2 is 2.25 bits per heavy atom. The fourth-order valence-corrected chi connectivity index (χ4v) is 0.818. The summed E-state index contributed by atoms with van der Waals surface area (Å²) in [6, 6.07) is 3.24. The van der Waals surface area contributed by atoms with Crippen LogP contribution in [0.3, 0.4) is 0 Å². The van der Waals surface area contributed by atoms with E-state index in [1.165, 1.54) is 16.7 Å². The summed E-state index contributed by atoms with van der Waals surface area (Å²) in [6.45, 7) is 0. The van der Waals surface area contributed by atoms with Crippen molar-refractivity contribution in [3.8, 4) is 0 Å². The van der Waals surface area contributed by atoms with E-state index in [1.807, 2.05) is 0 Å². The van der Waals surface area contributed by atoms with Crippen molar-refractivity contribution in [3.05, 3.63) is 40.3 Å². The average Bonchev–Trinajstić information content (AvgIpc) is 2.07. The summed E-state index contributed by atoms with van der Waals surface area (Å²) in [5, 5.41) is 0. The quantitative estimate of drug-likeness (QED) is 0.473. The van der Waals surface area contributed by atoms with Crippen molar-refractivity contribution in [2.45, 2.75) is 0 Å². The summed E-state index contributed by atoms with van der Waals surface area (Å²) in [5.74, 6) is 0. The molecule has 3 nitrogen and oxygen atoms in total. The molecule has 62 valence electrons. The molecule has 1 rings (SSSR count). The molecule has 0 aromatic carbocycles. The van der Waals surface area contributed by atoms with Gasteiger partial charge in [0.15, 0.2) is 0 Å². The van der Waals surface area contributed by atoms with Crippen molar-refractivity contribution in [2.24, 2.45) is 7.05 Å². The van der Waals surface area contributed by atoms with Gasteiger partial charge in [-0.25, -0.2) is 0 Å². The molecule has 0 aliphatic carbocycles. The number of hydrogen-bond donors (Lipinski definition) is 0. The Morgan fingerprint density at radius 1 is 1.50 bits per heavy atom. The first-order valence-electron chi connectivity index (χ1n) is 3.52. The van der Waals surface area contributed by atoms with Gasteiger partial charge in [0.2, 0.25) is 0 Å². The first-order valence-corrected chi connectivity index (χ1v) is 3.52. The van der Waals surface area contributed by atoms with Crippen LogP contribution < -0.4 is 5.56 Å². The first kappa shape index (κ1) is 8.46. The number of carbonyl (C=O) groups excluding carboxylic acids is 1. The molecular weight excluding hydrogens is 154 g/mol. The number of aryl methyl sites for hydroxylation is 1. The smallest absolute Gasteiger partial charge is 0.250 e. The summed E-state index contributed by atoms with van der Waals surface area (Å²) in [5.41, 5.74) is 0.660. The number of hydrogen-bond acceptors (Lipinski definition) is 2. The standard InChI is InChI=1S/C9H9NO2/c1-10-5-4-8(3-2-6-11)7-9(10)12/h2-7H,1H3/b3-2+. The minimum Gasteiger partial charge on any atom is -0.319 e. The summed E-state index contributed by atoms with van der Waals surface area (Å²) in [6.07, 6.45) is 5.29. The predicted octanol–water partition coefficient (Wildman–Crippen LogP) is 0.597. The van der Waals surface area contributed by atoms with Gasteiger partial charge < -0.3 is 4.57 Å². The Labute approximate surface area is 70.0 Å². The van der Waals surface area contributed by atoms with E-state index in [-0.39, 0.29) is 5.56 Å². The number of rotatable bonds is 2. The van der Waals surface area contributed by atoms with E-state index in [0.717, 1.165) is 5.56 Å². The van der Waals surface area contributed by atoms with Crippen LogP contribution in [0.5, 0.6) is 0 Å². The summed E-state index contributed by atoms with van der Waals surface area (Å²) in [4.78, 5) is 21.0. The van der Waals surface area contributed by atoms with Crippen LogP contribution in [0.2, 0.25) is 0 Å². The van der Waals surface area contributed by atoms with Crippen molar-refractivity contribution in [1.29, 1.82) is 0 Å². The Kier molecular flexibility index (Phi) is 2.58. The maximum Gasteiger partial charge on any atom is 0.250 e. The molecule has 0 atom stereocenters. The molecule has 3 heteroatoms. The Morgan fingerprint density at radius 3 is 2.83 bits per heavy atom. The molecule has 0 spiro atoms. The molecule has 12 heavy (non-hydrogen) atoms. The van der Waals surface area contributed by atoms with Gasteiger partial charge >= 0.3 is 0 Å². The molecule has 0 unspecified atom stereocenters. The molecule has 1 aromatic heterocycles. The normalized spacial score (nSPS) is 10.4. The van der Waals surface area contributed by atoms with E-state index in [9.17, 15) is 9.59 Å². The lowest BCUT2D eigenvalue weighted by Crippen LogP contribution is -2.14. The molecule has 0 amide bonds. The lowest BCUT2D eigenvalue weighted by molar-refractivity contribution is -0.104. The van der Waals surface area contributed by atoms with Crippen LogP contribution in [-0.4, -0.2) is 10.9 Å². The van der Waals surface area contributed by atoms with Gasteiger partial charge in [0.25, 0.3) is 5.56 Å². The fourth-order valence-electron chi connectivity index (χ4n) is 0.818. The molecule has 0 aliphatic rings. The van der Waals surface area contributed by atoms with Gasteiger partial charge in [-0.05, 0) is 17.7 Å². The molecule has 0 aliphatic heterocycles. The van der Waals surface area contributed by atoms with Gasteiger partial charge in [-0.3, -0.25) is 9.59 Å². The second-order valence-electron chi connectivity index (χ2n) is 2.40. The van der Waals surface area contributed by atoms with Crippen LogP contribution in [-0.2, 0) is 11.8 Å². The van der Waals surface area contributed by atoms with Crippen molar-refractivity contribution in [2.75, 3.05) is 0 Å². The van der Waals surface area contributed by atoms with Crippen LogP contribution >= 0.6 is 0 Å². The molecule has 0 N–H and O–H groups in total. The highest BCUT2D eigenvalue weighted by molar-refractivity contribution is 5.73. The van der Waals surface area contributed by atoms with Gasteiger partial charge in [0.05, 0.1) is 0 Å². The van der Waals surface area contributed by atoms with Crippen LogP contribution in [0.25, 0.3) is 6.08 Å². The minimum atomic E-state index is -0.0805. The van der Waals surface area contributed by atoms with Gasteiger partial charge in [-0.15, -0.1) is 0 Å². The molecule has 0 saturated carbocycles. The number of pyridine rings is 1. The maximum absolute atomic E-state index is 11.0. The molecule has 0 bridgehead atoms. The fraction of sp³-hybridized carbons (Fsp3) is 0.111. The summed E-state index contributed by atoms with van der Waals surface area (Å²) < 4.78 is 1.47. The van der Waals surface area contributed by atoms with E-state index >= 15 is 0 Å². The second-order valence-corrected chi connectivity index (χ2v) is 2.40. The van der Waals surface area contributed by atoms with Crippen LogP contribution in [0.1, 0.15) is 5.56 Å². The molecule has 0 fully saturated rings. The zero-order valence-corrected chi connectivity index (χ0v) is 6.73. The van der Waals surface area contributed by atoms with E-state index < -0.39 is 0 Å². The van der Waals surface area contributed by atoms with E-state index in [0.29, 0.717) is 6.29 Å².